The highest BCUT2D eigenvalue weighted by atomic mass is 32.1. The fraction of sp³-hybridized carbons (Fsp3) is 0.429. The molecule has 0 spiro atoms. The molecule has 1 aliphatic heterocycles. The SMILES string of the molecule is CCNc1nc2ccc(-c3cncc(OCCCN4CCOCC4)c3)cc2s1. The smallest absolute Gasteiger partial charge is 0.183 e. The molecule has 3 aromatic rings. The maximum Gasteiger partial charge on any atom is 0.183 e. The molecule has 4 rings (SSSR count). The van der Waals surface area contributed by atoms with Gasteiger partial charge in [-0.25, -0.2) is 4.98 Å². The van der Waals surface area contributed by atoms with Gasteiger partial charge in [0.15, 0.2) is 5.13 Å². The van der Waals surface area contributed by atoms with E-state index in [0.29, 0.717) is 6.61 Å². The van der Waals surface area contributed by atoms with Gasteiger partial charge in [-0.3, -0.25) is 9.88 Å². The number of hydrogen-bond donors (Lipinski definition) is 1. The summed E-state index contributed by atoms with van der Waals surface area (Å²) in [5.41, 5.74) is 3.21. The second-order valence-electron chi connectivity index (χ2n) is 6.80. The monoisotopic (exact) mass is 398 g/mol. The average molecular weight is 399 g/mol. The van der Waals surface area contributed by atoms with Crippen LogP contribution in [0.3, 0.4) is 0 Å². The van der Waals surface area contributed by atoms with Crippen LogP contribution in [0.15, 0.2) is 36.7 Å². The second kappa shape index (κ2) is 9.32. The van der Waals surface area contributed by atoms with Gasteiger partial charge in [0.25, 0.3) is 0 Å². The van der Waals surface area contributed by atoms with Crippen molar-refractivity contribution in [3.63, 3.8) is 0 Å². The Morgan fingerprint density at radius 1 is 1.18 bits per heavy atom. The van der Waals surface area contributed by atoms with Gasteiger partial charge in [0, 0.05) is 37.9 Å². The van der Waals surface area contributed by atoms with Crippen LogP contribution in [-0.4, -0.2) is 60.9 Å². The summed E-state index contributed by atoms with van der Waals surface area (Å²) >= 11 is 1.68. The van der Waals surface area contributed by atoms with Crippen LogP contribution in [0, 0.1) is 0 Å². The van der Waals surface area contributed by atoms with Gasteiger partial charge in [-0.2, -0.15) is 0 Å². The average Bonchev–Trinajstić information content (AvgIpc) is 3.14. The molecule has 1 N–H and O–H groups in total. The molecule has 3 heterocycles. The van der Waals surface area contributed by atoms with Gasteiger partial charge in [0.2, 0.25) is 0 Å². The molecule has 0 aliphatic carbocycles. The fourth-order valence-corrected chi connectivity index (χ4v) is 4.26. The lowest BCUT2D eigenvalue weighted by atomic mass is 10.1. The third-order valence-corrected chi connectivity index (χ3v) is 5.73. The number of thiazole rings is 1. The van der Waals surface area contributed by atoms with Crippen LogP contribution in [0.5, 0.6) is 5.75 Å². The molecular formula is C21H26N4O2S. The van der Waals surface area contributed by atoms with E-state index in [-0.39, 0.29) is 0 Å². The highest BCUT2D eigenvalue weighted by Gasteiger charge is 2.10. The zero-order valence-electron chi connectivity index (χ0n) is 16.2. The summed E-state index contributed by atoms with van der Waals surface area (Å²) in [6, 6.07) is 8.40. The number of nitrogens with one attached hydrogen (secondary N) is 1. The van der Waals surface area contributed by atoms with Gasteiger partial charge in [-0.05, 0) is 37.1 Å². The van der Waals surface area contributed by atoms with E-state index in [9.17, 15) is 0 Å². The Labute approximate surface area is 169 Å². The van der Waals surface area contributed by atoms with E-state index < -0.39 is 0 Å². The first kappa shape index (κ1) is 19.1. The number of pyridine rings is 1. The molecular weight excluding hydrogens is 372 g/mol. The van der Waals surface area contributed by atoms with Crippen molar-refractivity contribution >= 4 is 26.7 Å². The van der Waals surface area contributed by atoms with Gasteiger partial charge in [-0.1, -0.05) is 17.4 Å². The van der Waals surface area contributed by atoms with Crippen molar-refractivity contribution in [1.82, 2.24) is 14.9 Å². The summed E-state index contributed by atoms with van der Waals surface area (Å²) in [7, 11) is 0. The van der Waals surface area contributed by atoms with E-state index in [1.54, 1.807) is 17.5 Å². The van der Waals surface area contributed by atoms with Crippen LogP contribution in [0.1, 0.15) is 13.3 Å². The van der Waals surface area contributed by atoms with Crippen molar-refractivity contribution in [2.75, 3.05) is 51.3 Å². The second-order valence-corrected chi connectivity index (χ2v) is 7.83. The fourth-order valence-electron chi connectivity index (χ4n) is 3.29. The minimum Gasteiger partial charge on any atom is -0.492 e. The van der Waals surface area contributed by atoms with Crippen LogP contribution in [0.2, 0.25) is 0 Å². The van der Waals surface area contributed by atoms with Crippen molar-refractivity contribution in [1.29, 1.82) is 0 Å². The summed E-state index contributed by atoms with van der Waals surface area (Å²) in [6.45, 7) is 8.42. The van der Waals surface area contributed by atoms with E-state index in [2.05, 4.69) is 51.4 Å². The maximum absolute atomic E-state index is 5.94. The van der Waals surface area contributed by atoms with Gasteiger partial charge >= 0.3 is 0 Å². The molecule has 1 aromatic carbocycles. The number of aromatic nitrogens is 2. The molecule has 1 aliphatic rings. The lowest BCUT2D eigenvalue weighted by Gasteiger charge is -2.26. The largest absolute Gasteiger partial charge is 0.492 e. The summed E-state index contributed by atoms with van der Waals surface area (Å²) in [5, 5.41) is 4.25. The number of morpholine rings is 1. The minimum absolute atomic E-state index is 0.697. The molecule has 28 heavy (non-hydrogen) atoms. The first-order valence-corrected chi connectivity index (χ1v) is 10.7. The molecule has 6 nitrogen and oxygen atoms in total. The molecule has 0 bridgehead atoms. The first-order chi connectivity index (χ1) is 13.8. The molecule has 0 radical (unpaired) electrons. The normalized spacial score (nSPS) is 15.0. The number of hydrogen-bond acceptors (Lipinski definition) is 7. The highest BCUT2D eigenvalue weighted by Crippen LogP contribution is 2.31. The molecule has 1 fully saturated rings. The quantitative estimate of drug-likeness (QED) is 0.581. The Morgan fingerprint density at radius 2 is 2.07 bits per heavy atom. The van der Waals surface area contributed by atoms with Crippen LogP contribution >= 0.6 is 11.3 Å². The van der Waals surface area contributed by atoms with Crippen molar-refractivity contribution in [2.45, 2.75) is 13.3 Å². The Bertz CT molecular complexity index is 908. The topological polar surface area (TPSA) is 59.5 Å². The van der Waals surface area contributed by atoms with E-state index in [1.807, 2.05) is 6.20 Å². The third-order valence-electron chi connectivity index (χ3n) is 4.75. The number of rotatable bonds is 8. The van der Waals surface area contributed by atoms with Crippen LogP contribution in [0.25, 0.3) is 21.3 Å². The highest BCUT2D eigenvalue weighted by molar-refractivity contribution is 7.22. The lowest BCUT2D eigenvalue weighted by Crippen LogP contribution is -2.37. The summed E-state index contributed by atoms with van der Waals surface area (Å²) in [5.74, 6) is 0.817. The predicted octanol–water partition coefficient (Wildman–Crippen LogP) is 3.89. The van der Waals surface area contributed by atoms with E-state index in [1.165, 1.54) is 4.70 Å². The van der Waals surface area contributed by atoms with Gasteiger partial charge in [0.05, 0.1) is 36.2 Å². The third kappa shape index (κ3) is 4.79. The number of anilines is 1. The molecule has 7 heteroatoms. The predicted molar refractivity (Wildman–Crippen MR) is 114 cm³/mol. The maximum atomic E-state index is 5.94. The molecule has 1 saturated heterocycles. The summed E-state index contributed by atoms with van der Waals surface area (Å²) < 4.78 is 12.5. The Kier molecular flexibility index (Phi) is 6.36. The molecule has 0 atom stereocenters. The van der Waals surface area contributed by atoms with Crippen LogP contribution in [-0.2, 0) is 4.74 Å². The molecule has 0 amide bonds. The van der Waals surface area contributed by atoms with E-state index in [4.69, 9.17) is 9.47 Å². The standard InChI is InChI=1S/C21H26N4O2S/c1-2-23-21-24-19-5-4-16(13-20(19)28-21)17-12-18(15-22-14-17)27-9-3-6-25-7-10-26-11-8-25/h4-5,12-15H,2-3,6-11H2,1H3,(H,23,24). The van der Waals surface area contributed by atoms with Crippen LogP contribution < -0.4 is 10.1 Å². The first-order valence-electron chi connectivity index (χ1n) is 9.84. The van der Waals surface area contributed by atoms with Gasteiger partial charge in [0.1, 0.15) is 5.75 Å². The summed E-state index contributed by atoms with van der Waals surface area (Å²) in [6.07, 6.45) is 4.67. The number of benzene rings is 1. The zero-order valence-corrected chi connectivity index (χ0v) is 17.0. The molecule has 2 aromatic heterocycles. The molecule has 0 unspecified atom stereocenters. The molecule has 0 saturated carbocycles. The zero-order chi connectivity index (χ0) is 19.2. The number of ether oxygens (including phenoxy) is 2. The lowest BCUT2D eigenvalue weighted by molar-refractivity contribution is 0.0358. The Balaban J connectivity index is 1.38. The van der Waals surface area contributed by atoms with E-state index in [0.717, 1.165) is 73.3 Å². The number of nitrogens with zero attached hydrogens (tertiary/aromatic N) is 3. The summed E-state index contributed by atoms with van der Waals surface area (Å²) in [4.78, 5) is 11.4. The minimum atomic E-state index is 0.697. The van der Waals surface area contributed by atoms with E-state index >= 15 is 0 Å². The van der Waals surface area contributed by atoms with Crippen molar-refractivity contribution in [3.05, 3.63) is 36.7 Å². The Hall–Kier alpha value is -2.22. The molecule has 148 valence electrons. The number of fused-ring (bicyclic) bond motifs is 1. The van der Waals surface area contributed by atoms with Crippen LogP contribution in [0.4, 0.5) is 5.13 Å². The van der Waals surface area contributed by atoms with Crippen molar-refractivity contribution in [3.8, 4) is 16.9 Å². The van der Waals surface area contributed by atoms with Gasteiger partial charge in [-0.15, -0.1) is 0 Å². The Morgan fingerprint density at radius 3 is 2.93 bits per heavy atom. The van der Waals surface area contributed by atoms with Crippen molar-refractivity contribution < 1.29 is 9.47 Å². The van der Waals surface area contributed by atoms with Crippen molar-refractivity contribution in [2.24, 2.45) is 0 Å². The van der Waals surface area contributed by atoms with Gasteiger partial charge < -0.3 is 14.8 Å².